The van der Waals surface area contributed by atoms with Crippen LogP contribution >= 0.6 is 0 Å². The average Bonchev–Trinajstić information content (AvgIpc) is 2.32. The van der Waals surface area contributed by atoms with Gasteiger partial charge in [-0.1, -0.05) is 0 Å². The van der Waals surface area contributed by atoms with Crippen LogP contribution in [0.5, 0.6) is 0 Å². The van der Waals surface area contributed by atoms with E-state index in [9.17, 15) is 4.79 Å². The lowest BCUT2D eigenvalue weighted by Gasteiger charge is -2.12. The van der Waals surface area contributed by atoms with Gasteiger partial charge in [-0.15, -0.1) is 0 Å². The van der Waals surface area contributed by atoms with Crippen molar-refractivity contribution in [3.05, 3.63) is 0 Å². The number of ether oxygens (including phenoxy) is 1. The highest BCUT2D eigenvalue weighted by atomic mass is 16.6. The Hall–Kier alpha value is -0.530. The van der Waals surface area contributed by atoms with Crippen LogP contribution in [0.4, 0.5) is 0 Å². The first-order chi connectivity index (χ1) is 5.57. The van der Waals surface area contributed by atoms with E-state index in [1.54, 1.807) is 0 Å². The van der Waals surface area contributed by atoms with Crippen molar-refractivity contribution in [1.82, 2.24) is 0 Å². The molecule has 1 aliphatic heterocycles. The fourth-order valence-corrected chi connectivity index (χ4v) is 0.977. The van der Waals surface area contributed by atoms with E-state index in [1.165, 1.54) is 0 Å². The largest absolute Gasteiger partial charge is 0.394 e. The molecule has 0 amide bonds. The molecule has 0 radical (unpaired) electrons. The third-order valence-corrected chi connectivity index (χ3v) is 1.66. The first-order valence-corrected chi connectivity index (χ1v) is 3.42. The molecule has 2 unspecified atom stereocenters. The molecule has 4 atom stereocenters. The Morgan fingerprint density at radius 3 is 2.42 bits per heavy atom. The van der Waals surface area contributed by atoms with Gasteiger partial charge in [0, 0.05) is 0 Å². The van der Waals surface area contributed by atoms with Crippen molar-refractivity contribution in [3.8, 4) is 0 Å². The van der Waals surface area contributed by atoms with Gasteiger partial charge in [0.1, 0.15) is 12.2 Å². The summed E-state index contributed by atoms with van der Waals surface area (Å²) in [7, 11) is 0. The van der Waals surface area contributed by atoms with E-state index in [-0.39, 0.29) is 0 Å². The highest BCUT2D eigenvalue weighted by Gasteiger charge is 2.44. The molecule has 0 aromatic heterocycles. The molecule has 0 saturated carbocycles. The van der Waals surface area contributed by atoms with Gasteiger partial charge in [0.25, 0.3) is 0 Å². The summed E-state index contributed by atoms with van der Waals surface area (Å²) in [6.45, 7) is -0.657. The summed E-state index contributed by atoms with van der Waals surface area (Å²) in [4.78, 5) is 10.9. The van der Waals surface area contributed by atoms with Crippen molar-refractivity contribution in [1.29, 1.82) is 0 Å². The van der Waals surface area contributed by atoms with Gasteiger partial charge in [-0.05, 0) is 0 Å². The number of hydrogen-bond acceptors (Lipinski definition) is 6. The zero-order chi connectivity index (χ0) is 9.30. The smallest absolute Gasteiger partial charge is 0.197 e. The number of aliphatic hydroxyl groups excluding tert-OH is 4. The molecule has 4 N–H and O–H groups in total. The minimum absolute atomic E-state index is 0.657. The van der Waals surface area contributed by atoms with Crippen LogP contribution < -0.4 is 0 Å². The standard InChI is InChI=1S/C6H10O6/c7-1-2(8)5-3(9)4(10)6(11)12-5/h2,4-8,10-11H,1H2/t2-,4?,5+,6?/m0/s1. The number of aliphatic hydroxyl groups is 4. The molecule has 12 heavy (non-hydrogen) atoms. The van der Waals surface area contributed by atoms with Crippen molar-refractivity contribution in [2.45, 2.75) is 24.6 Å². The summed E-state index contributed by atoms with van der Waals surface area (Å²) in [6.07, 6.45) is -5.97. The van der Waals surface area contributed by atoms with E-state index in [0.717, 1.165) is 0 Å². The van der Waals surface area contributed by atoms with E-state index in [1.807, 2.05) is 0 Å². The van der Waals surface area contributed by atoms with Crippen molar-refractivity contribution >= 4 is 5.78 Å². The number of hydrogen-bond donors (Lipinski definition) is 4. The maximum absolute atomic E-state index is 10.9. The SMILES string of the molecule is O=C1C(O)C(O)O[C@@H]1[C@@H](O)CO. The number of Topliss-reactive ketones (excluding diaryl/α,β-unsaturated/α-hetero) is 1. The van der Waals surface area contributed by atoms with Crippen molar-refractivity contribution in [2.24, 2.45) is 0 Å². The highest BCUT2D eigenvalue weighted by molar-refractivity contribution is 5.89. The van der Waals surface area contributed by atoms with Gasteiger partial charge in [-0.2, -0.15) is 0 Å². The van der Waals surface area contributed by atoms with Crippen LogP contribution in [-0.2, 0) is 9.53 Å². The van der Waals surface area contributed by atoms with Gasteiger partial charge in [0.2, 0.25) is 0 Å². The van der Waals surface area contributed by atoms with E-state index < -0.39 is 37.0 Å². The molecule has 1 aliphatic rings. The van der Waals surface area contributed by atoms with Crippen molar-refractivity contribution in [3.63, 3.8) is 0 Å². The zero-order valence-corrected chi connectivity index (χ0v) is 6.12. The molecule has 6 heteroatoms. The molecule has 0 spiro atoms. The molecule has 0 bridgehead atoms. The summed E-state index contributed by atoms with van der Waals surface area (Å²) in [6, 6.07) is 0. The Balaban J connectivity index is 2.64. The number of ketones is 1. The molecule has 1 heterocycles. The lowest BCUT2D eigenvalue weighted by molar-refractivity contribution is -0.150. The van der Waals surface area contributed by atoms with E-state index in [0.29, 0.717) is 0 Å². The highest BCUT2D eigenvalue weighted by Crippen LogP contribution is 2.17. The molecule has 1 saturated heterocycles. The van der Waals surface area contributed by atoms with Crippen LogP contribution in [0.3, 0.4) is 0 Å². The van der Waals surface area contributed by atoms with E-state index >= 15 is 0 Å². The third kappa shape index (κ3) is 1.47. The van der Waals surface area contributed by atoms with Gasteiger partial charge < -0.3 is 25.2 Å². The van der Waals surface area contributed by atoms with Gasteiger partial charge in [0.15, 0.2) is 18.2 Å². The fourth-order valence-electron chi connectivity index (χ4n) is 0.977. The number of carbonyl (C=O) groups is 1. The van der Waals surface area contributed by atoms with Gasteiger partial charge in [0.05, 0.1) is 6.61 Å². The Morgan fingerprint density at radius 2 is 2.08 bits per heavy atom. The molecule has 1 fully saturated rings. The second-order valence-corrected chi connectivity index (χ2v) is 2.54. The lowest BCUT2D eigenvalue weighted by Crippen LogP contribution is -2.36. The molecule has 0 aliphatic carbocycles. The second-order valence-electron chi connectivity index (χ2n) is 2.54. The molecule has 70 valence electrons. The number of carbonyl (C=O) groups excluding carboxylic acids is 1. The van der Waals surface area contributed by atoms with Gasteiger partial charge in [-0.3, -0.25) is 4.79 Å². The Morgan fingerprint density at radius 1 is 1.50 bits per heavy atom. The van der Waals surface area contributed by atoms with E-state index in [4.69, 9.17) is 20.4 Å². The summed E-state index contributed by atoms with van der Waals surface area (Å²) in [5.74, 6) is -0.816. The summed E-state index contributed by atoms with van der Waals surface area (Å²) >= 11 is 0. The van der Waals surface area contributed by atoms with Crippen LogP contribution in [0.15, 0.2) is 0 Å². The zero-order valence-electron chi connectivity index (χ0n) is 6.12. The molecular formula is C6H10O6. The Labute approximate surface area is 68.0 Å². The maximum atomic E-state index is 10.9. The van der Waals surface area contributed by atoms with Crippen LogP contribution in [0.1, 0.15) is 0 Å². The summed E-state index contributed by atoms with van der Waals surface area (Å²) in [5.41, 5.74) is 0. The first-order valence-electron chi connectivity index (χ1n) is 3.42. The van der Waals surface area contributed by atoms with Crippen LogP contribution in [0.25, 0.3) is 0 Å². The first kappa shape index (κ1) is 9.56. The minimum atomic E-state index is -1.63. The molecular weight excluding hydrogens is 168 g/mol. The topological polar surface area (TPSA) is 107 Å². The fraction of sp³-hybridized carbons (Fsp3) is 0.833. The molecule has 0 aromatic carbocycles. The minimum Gasteiger partial charge on any atom is -0.394 e. The Bertz CT molecular complexity index is 181. The lowest BCUT2D eigenvalue weighted by atomic mass is 10.1. The van der Waals surface area contributed by atoms with Crippen LogP contribution in [0.2, 0.25) is 0 Å². The van der Waals surface area contributed by atoms with Crippen LogP contribution in [0, 0.1) is 0 Å². The predicted molar refractivity (Wildman–Crippen MR) is 35.0 cm³/mol. The quantitative estimate of drug-likeness (QED) is 0.358. The summed E-state index contributed by atoms with van der Waals surface area (Å²) < 4.78 is 4.48. The third-order valence-electron chi connectivity index (χ3n) is 1.66. The van der Waals surface area contributed by atoms with Gasteiger partial charge in [-0.25, -0.2) is 0 Å². The number of rotatable bonds is 2. The predicted octanol–water partition coefficient (Wildman–Crippen LogP) is -3.01. The Kier molecular flexibility index (Phi) is 2.76. The van der Waals surface area contributed by atoms with E-state index in [2.05, 4.69) is 4.74 Å². The monoisotopic (exact) mass is 178 g/mol. The summed E-state index contributed by atoms with van der Waals surface area (Å²) in [5, 5.41) is 35.0. The molecule has 1 rings (SSSR count). The van der Waals surface area contributed by atoms with Crippen molar-refractivity contribution < 1.29 is 30.0 Å². The van der Waals surface area contributed by atoms with Crippen LogP contribution in [-0.4, -0.2) is 57.4 Å². The normalized spacial score (nSPS) is 38.7. The maximum Gasteiger partial charge on any atom is 0.197 e. The molecule has 0 aromatic rings. The second kappa shape index (κ2) is 3.46. The van der Waals surface area contributed by atoms with Crippen molar-refractivity contribution in [2.75, 3.05) is 6.61 Å². The average molecular weight is 178 g/mol. The molecule has 6 nitrogen and oxygen atoms in total. The van der Waals surface area contributed by atoms with Gasteiger partial charge >= 0.3 is 0 Å².